The van der Waals surface area contributed by atoms with Gasteiger partial charge in [-0.25, -0.2) is 0 Å². The standard InChI is InChI=1S/C12H21N3O/c1-2-15-5-3-4-10(8-15)6-11-7-12(9-16)14-13-11/h7,10,16H,2-6,8-9H2,1H3,(H,13,14). The topological polar surface area (TPSA) is 52.1 Å². The minimum atomic E-state index is 0.0543. The average molecular weight is 223 g/mol. The van der Waals surface area contributed by atoms with Crippen molar-refractivity contribution < 1.29 is 5.11 Å². The van der Waals surface area contributed by atoms with Gasteiger partial charge in [-0.05, 0) is 44.3 Å². The highest BCUT2D eigenvalue weighted by Crippen LogP contribution is 2.20. The minimum Gasteiger partial charge on any atom is -0.390 e. The number of likely N-dealkylation sites (tertiary alicyclic amines) is 1. The lowest BCUT2D eigenvalue weighted by Crippen LogP contribution is -2.35. The number of aromatic nitrogens is 2. The quantitative estimate of drug-likeness (QED) is 0.806. The van der Waals surface area contributed by atoms with Gasteiger partial charge in [-0.1, -0.05) is 6.92 Å². The predicted molar refractivity (Wildman–Crippen MR) is 63.1 cm³/mol. The Hall–Kier alpha value is -0.870. The summed E-state index contributed by atoms with van der Waals surface area (Å²) in [5.41, 5.74) is 1.91. The summed E-state index contributed by atoms with van der Waals surface area (Å²) in [6, 6.07) is 1.98. The Labute approximate surface area is 96.7 Å². The number of hydrogen-bond donors (Lipinski definition) is 2. The van der Waals surface area contributed by atoms with Crippen molar-refractivity contribution in [1.29, 1.82) is 0 Å². The van der Waals surface area contributed by atoms with Gasteiger partial charge in [0.1, 0.15) is 0 Å². The van der Waals surface area contributed by atoms with Crippen LogP contribution in [-0.4, -0.2) is 39.8 Å². The van der Waals surface area contributed by atoms with Gasteiger partial charge in [-0.2, -0.15) is 5.10 Å². The van der Waals surface area contributed by atoms with Gasteiger partial charge in [-0.15, -0.1) is 0 Å². The molecule has 1 aromatic rings. The van der Waals surface area contributed by atoms with Crippen LogP contribution < -0.4 is 0 Å². The van der Waals surface area contributed by atoms with Crippen LogP contribution in [0.3, 0.4) is 0 Å². The number of nitrogens with zero attached hydrogens (tertiary/aromatic N) is 2. The predicted octanol–water partition coefficient (Wildman–Crippen LogP) is 1.18. The van der Waals surface area contributed by atoms with Crippen LogP contribution in [0.15, 0.2) is 6.07 Å². The molecule has 0 saturated carbocycles. The summed E-state index contributed by atoms with van der Waals surface area (Å²) >= 11 is 0. The van der Waals surface area contributed by atoms with E-state index in [4.69, 9.17) is 5.11 Å². The fourth-order valence-electron chi connectivity index (χ4n) is 2.50. The zero-order valence-electron chi connectivity index (χ0n) is 9.95. The second-order valence-corrected chi connectivity index (χ2v) is 4.65. The number of nitrogens with one attached hydrogen (secondary N) is 1. The lowest BCUT2D eigenvalue weighted by molar-refractivity contribution is 0.181. The van der Waals surface area contributed by atoms with Crippen LogP contribution in [-0.2, 0) is 13.0 Å². The van der Waals surface area contributed by atoms with Gasteiger partial charge in [0.2, 0.25) is 0 Å². The molecule has 4 heteroatoms. The molecule has 0 bridgehead atoms. The van der Waals surface area contributed by atoms with E-state index in [1.165, 1.54) is 25.9 Å². The maximum absolute atomic E-state index is 8.96. The van der Waals surface area contributed by atoms with Crippen molar-refractivity contribution in [3.63, 3.8) is 0 Å². The fraction of sp³-hybridized carbons (Fsp3) is 0.750. The van der Waals surface area contributed by atoms with E-state index in [9.17, 15) is 0 Å². The number of rotatable bonds is 4. The number of H-pyrrole nitrogens is 1. The molecule has 4 nitrogen and oxygen atoms in total. The third-order valence-corrected chi connectivity index (χ3v) is 3.40. The lowest BCUT2D eigenvalue weighted by atomic mass is 9.93. The second kappa shape index (κ2) is 5.46. The molecule has 0 radical (unpaired) electrons. The van der Waals surface area contributed by atoms with Gasteiger partial charge in [0.05, 0.1) is 18.0 Å². The molecule has 2 heterocycles. The van der Waals surface area contributed by atoms with Gasteiger partial charge < -0.3 is 10.0 Å². The summed E-state index contributed by atoms with van der Waals surface area (Å²) < 4.78 is 0. The molecule has 0 amide bonds. The SMILES string of the molecule is CCN1CCCC(Cc2cc(CO)[nH]n2)C1. The highest BCUT2D eigenvalue weighted by atomic mass is 16.3. The Balaban J connectivity index is 1.88. The van der Waals surface area contributed by atoms with Crippen LogP contribution >= 0.6 is 0 Å². The largest absolute Gasteiger partial charge is 0.390 e. The molecule has 1 unspecified atom stereocenters. The van der Waals surface area contributed by atoms with Crippen LogP contribution in [0, 0.1) is 5.92 Å². The third kappa shape index (κ3) is 2.83. The molecule has 0 aromatic carbocycles. The van der Waals surface area contributed by atoms with Gasteiger partial charge in [-0.3, -0.25) is 5.10 Å². The van der Waals surface area contributed by atoms with E-state index in [1.807, 2.05) is 6.07 Å². The first kappa shape index (κ1) is 11.6. The lowest BCUT2D eigenvalue weighted by Gasteiger charge is -2.31. The van der Waals surface area contributed by atoms with Crippen LogP contribution in [0.25, 0.3) is 0 Å². The zero-order chi connectivity index (χ0) is 11.4. The summed E-state index contributed by atoms with van der Waals surface area (Å²) in [5, 5.41) is 16.0. The van der Waals surface area contributed by atoms with E-state index in [2.05, 4.69) is 22.0 Å². The van der Waals surface area contributed by atoms with Crippen molar-refractivity contribution in [3.05, 3.63) is 17.5 Å². The first-order chi connectivity index (χ1) is 7.81. The fourth-order valence-corrected chi connectivity index (χ4v) is 2.50. The first-order valence-electron chi connectivity index (χ1n) is 6.18. The molecule has 1 aliphatic heterocycles. The molecule has 1 saturated heterocycles. The summed E-state index contributed by atoms with van der Waals surface area (Å²) in [5.74, 6) is 0.726. The molecule has 1 aliphatic rings. The molecule has 0 aliphatic carbocycles. The molecule has 0 spiro atoms. The van der Waals surface area contributed by atoms with Gasteiger partial charge >= 0.3 is 0 Å². The first-order valence-corrected chi connectivity index (χ1v) is 6.18. The van der Waals surface area contributed by atoms with Crippen molar-refractivity contribution in [2.75, 3.05) is 19.6 Å². The Morgan fingerprint density at radius 3 is 3.19 bits per heavy atom. The number of aliphatic hydroxyl groups is 1. The summed E-state index contributed by atoms with van der Waals surface area (Å²) in [7, 11) is 0. The molecule has 1 fully saturated rings. The second-order valence-electron chi connectivity index (χ2n) is 4.65. The minimum absolute atomic E-state index is 0.0543. The van der Waals surface area contributed by atoms with Gasteiger partial charge in [0.25, 0.3) is 0 Å². The van der Waals surface area contributed by atoms with Crippen molar-refractivity contribution in [2.24, 2.45) is 5.92 Å². The molecule has 90 valence electrons. The summed E-state index contributed by atoms with van der Waals surface area (Å²) in [6.07, 6.45) is 3.64. The van der Waals surface area contributed by atoms with E-state index >= 15 is 0 Å². The van der Waals surface area contributed by atoms with Gasteiger partial charge in [0.15, 0.2) is 0 Å². The molecular formula is C12H21N3O. The molecular weight excluding hydrogens is 202 g/mol. The van der Waals surface area contributed by atoms with E-state index in [0.29, 0.717) is 0 Å². The van der Waals surface area contributed by atoms with E-state index in [1.54, 1.807) is 0 Å². The summed E-state index contributed by atoms with van der Waals surface area (Å²) in [6.45, 7) is 5.87. The number of aromatic amines is 1. The number of piperidine rings is 1. The number of aliphatic hydroxyl groups excluding tert-OH is 1. The van der Waals surface area contributed by atoms with E-state index in [0.717, 1.165) is 30.3 Å². The Morgan fingerprint density at radius 2 is 2.50 bits per heavy atom. The highest BCUT2D eigenvalue weighted by Gasteiger charge is 2.19. The van der Waals surface area contributed by atoms with Crippen molar-refractivity contribution in [3.8, 4) is 0 Å². The highest BCUT2D eigenvalue weighted by molar-refractivity contribution is 5.08. The maximum atomic E-state index is 8.96. The van der Waals surface area contributed by atoms with Crippen LogP contribution in [0.4, 0.5) is 0 Å². The van der Waals surface area contributed by atoms with E-state index in [-0.39, 0.29) is 6.61 Å². The van der Waals surface area contributed by atoms with Crippen LogP contribution in [0.1, 0.15) is 31.2 Å². The molecule has 16 heavy (non-hydrogen) atoms. The van der Waals surface area contributed by atoms with Gasteiger partial charge in [0, 0.05) is 6.54 Å². The third-order valence-electron chi connectivity index (χ3n) is 3.40. The molecule has 2 rings (SSSR count). The van der Waals surface area contributed by atoms with Crippen LogP contribution in [0.5, 0.6) is 0 Å². The molecule has 1 aromatic heterocycles. The Kier molecular flexibility index (Phi) is 3.96. The zero-order valence-corrected chi connectivity index (χ0v) is 9.95. The maximum Gasteiger partial charge on any atom is 0.0847 e. The normalized spacial score (nSPS) is 22.5. The van der Waals surface area contributed by atoms with Crippen molar-refractivity contribution in [2.45, 2.75) is 32.8 Å². The monoisotopic (exact) mass is 223 g/mol. The average Bonchev–Trinajstić information content (AvgIpc) is 2.77. The van der Waals surface area contributed by atoms with Crippen LogP contribution in [0.2, 0.25) is 0 Å². The summed E-state index contributed by atoms with van der Waals surface area (Å²) in [4.78, 5) is 2.51. The molecule has 1 atom stereocenters. The Morgan fingerprint density at radius 1 is 1.62 bits per heavy atom. The number of hydrogen-bond acceptors (Lipinski definition) is 3. The van der Waals surface area contributed by atoms with E-state index < -0.39 is 0 Å². The molecule has 2 N–H and O–H groups in total. The Bertz CT molecular complexity index is 324. The smallest absolute Gasteiger partial charge is 0.0847 e. The van der Waals surface area contributed by atoms with Crippen molar-refractivity contribution in [1.82, 2.24) is 15.1 Å². The van der Waals surface area contributed by atoms with Crippen molar-refractivity contribution >= 4 is 0 Å².